The molecular formula is C14H19F2N. The molecular weight excluding hydrogens is 220 g/mol. The third kappa shape index (κ3) is 2.21. The van der Waals surface area contributed by atoms with Gasteiger partial charge in [-0.2, -0.15) is 0 Å². The maximum atomic E-state index is 13.7. The summed E-state index contributed by atoms with van der Waals surface area (Å²) in [5.74, 6) is -1.06. The molecule has 0 heterocycles. The van der Waals surface area contributed by atoms with Gasteiger partial charge in [0.15, 0.2) is 0 Å². The highest BCUT2D eigenvalue weighted by molar-refractivity contribution is 5.24. The molecule has 0 amide bonds. The summed E-state index contributed by atoms with van der Waals surface area (Å²) < 4.78 is 26.6. The second kappa shape index (κ2) is 4.73. The molecule has 1 nitrogen and oxygen atoms in total. The van der Waals surface area contributed by atoms with Crippen LogP contribution in [-0.4, -0.2) is 0 Å². The van der Waals surface area contributed by atoms with Gasteiger partial charge < -0.3 is 5.73 Å². The van der Waals surface area contributed by atoms with Crippen molar-refractivity contribution in [3.05, 3.63) is 35.4 Å². The molecule has 94 valence electrons. The Bertz CT molecular complexity index is 397. The third-order valence-electron chi connectivity index (χ3n) is 4.26. The summed E-state index contributed by atoms with van der Waals surface area (Å²) in [6.07, 6.45) is 5.35. The first kappa shape index (κ1) is 12.5. The maximum absolute atomic E-state index is 13.7. The molecule has 1 atom stereocenters. The predicted molar refractivity (Wildman–Crippen MR) is 64.5 cm³/mol. The Balaban J connectivity index is 2.32. The lowest BCUT2D eigenvalue weighted by Crippen LogP contribution is -2.32. The summed E-state index contributed by atoms with van der Waals surface area (Å²) >= 11 is 0. The molecule has 0 saturated heterocycles. The monoisotopic (exact) mass is 239 g/mol. The van der Waals surface area contributed by atoms with Gasteiger partial charge in [0, 0.05) is 17.7 Å². The normalized spacial score (nSPS) is 20.5. The lowest BCUT2D eigenvalue weighted by molar-refractivity contribution is 0.218. The molecule has 1 aromatic carbocycles. The molecule has 0 bridgehead atoms. The van der Waals surface area contributed by atoms with Crippen molar-refractivity contribution in [3.8, 4) is 0 Å². The maximum Gasteiger partial charge on any atom is 0.130 e. The van der Waals surface area contributed by atoms with Crippen LogP contribution in [-0.2, 0) is 0 Å². The Labute approximate surface area is 101 Å². The van der Waals surface area contributed by atoms with Crippen molar-refractivity contribution in [3.63, 3.8) is 0 Å². The van der Waals surface area contributed by atoms with Crippen LogP contribution in [0.15, 0.2) is 18.2 Å². The molecule has 0 aromatic heterocycles. The van der Waals surface area contributed by atoms with Crippen LogP contribution >= 0.6 is 0 Å². The van der Waals surface area contributed by atoms with E-state index < -0.39 is 11.6 Å². The average Bonchev–Trinajstić information content (AvgIpc) is 2.78. The number of halogens is 2. The van der Waals surface area contributed by atoms with E-state index in [1.807, 2.05) is 0 Å². The van der Waals surface area contributed by atoms with E-state index in [1.54, 1.807) is 0 Å². The molecule has 0 aliphatic heterocycles. The highest BCUT2D eigenvalue weighted by Gasteiger charge is 2.39. The van der Waals surface area contributed by atoms with Crippen molar-refractivity contribution >= 4 is 0 Å². The molecule has 1 unspecified atom stereocenters. The highest BCUT2D eigenvalue weighted by Crippen LogP contribution is 2.49. The van der Waals surface area contributed by atoms with Crippen LogP contribution in [0.3, 0.4) is 0 Å². The largest absolute Gasteiger partial charge is 0.323 e. The average molecular weight is 239 g/mol. The Kier molecular flexibility index (Phi) is 3.48. The summed E-state index contributed by atoms with van der Waals surface area (Å²) in [4.78, 5) is 0. The minimum absolute atomic E-state index is 0.00132. The molecule has 1 aliphatic carbocycles. The van der Waals surface area contributed by atoms with Gasteiger partial charge in [-0.05, 0) is 30.7 Å². The summed E-state index contributed by atoms with van der Waals surface area (Å²) in [6.45, 7) is 2.10. The SMILES string of the molecule is CCC1(C(N)c2ccc(F)cc2F)CCCC1. The molecule has 3 heteroatoms. The van der Waals surface area contributed by atoms with Crippen LogP contribution in [0.2, 0.25) is 0 Å². The highest BCUT2D eigenvalue weighted by atomic mass is 19.1. The van der Waals surface area contributed by atoms with Gasteiger partial charge in [-0.25, -0.2) is 8.78 Å². The molecule has 1 saturated carbocycles. The Morgan fingerprint density at radius 1 is 1.29 bits per heavy atom. The van der Waals surface area contributed by atoms with Crippen LogP contribution in [0.4, 0.5) is 8.78 Å². The standard InChI is InChI=1S/C14H19F2N/c1-2-14(7-3-4-8-14)13(17)11-6-5-10(15)9-12(11)16/h5-6,9,13H,2-4,7-8,17H2,1H3. The van der Waals surface area contributed by atoms with E-state index in [0.29, 0.717) is 5.56 Å². The minimum atomic E-state index is -0.546. The number of hydrogen-bond donors (Lipinski definition) is 1. The van der Waals surface area contributed by atoms with E-state index in [-0.39, 0.29) is 11.5 Å². The van der Waals surface area contributed by atoms with Crippen molar-refractivity contribution < 1.29 is 8.78 Å². The van der Waals surface area contributed by atoms with E-state index in [0.717, 1.165) is 38.2 Å². The van der Waals surface area contributed by atoms with E-state index in [1.165, 1.54) is 12.1 Å². The topological polar surface area (TPSA) is 26.0 Å². The van der Waals surface area contributed by atoms with Gasteiger partial charge in [-0.15, -0.1) is 0 Å². The third-order valence-corrected chi connectivity index (χ3v) is 4.26. The molecule has 2 rings (SSSR count). The molecule has 1 fully saturated rings. The quantitative estimate of drug-likeness (QED) is 0.849. The van der Waals surface area contributed by atoms with Gasteiger partial charge in [0.1, 0.15) is 11.6 Å². The zero-order chi connectivity index (χ0) is 12.5. The van der Waals surface area contributed by atoms with Crippen molar-refractivity contribution in [2.75, 3.05) is 0 Å². The first-order valence-corrected chi connectivity index (χ1v) is 6.29. The van der Waals surface area contributed by atoms with Crippen molar-refractivity contribution in [2.45, 2.75) is 45.1 Å². The molecule has 2 N–H and O–H groups in total. The fourth-order valence-corrected chi connectivity index (χ4v) is 3.05. The van der Waals surface area contributed by atoms with Crippen LogP contribution in [0.5, 0.6) is 0 Å². The summed E-state index contributed by atoms with van der Waals surface area (Å²) in [5.41, 5.74) is 6.69. The fraction of sp³-hybridized carbons (Fsp3) is 0.571. The number of rotatable bonds is 3. The number of hydrogen-bond acceptors (Lipinski definition) is 1. The number of benzene rings is 1. The van der Waals surface area contributed by atoms with Crippen LogP contribution < -0.4 is 5.73 Å². The molecule has 0 radical (unpaired) electrons. The van der Waals surface area contributed by atoms with Crippen LogP contribution in [0.1, 0.15) is 50.6 Å². The van der Waals surface area contributed by atoms with E-state index in [9.17, 15) is 8.78 Å². The van der Waals surface area contributed by atoms with Gasteiger partial charge in [-0.3, -0.25) is 0 Å². The van der Waals surface area contributed by atoms with E-state index in [2.05, 4.69) is 6.92 Å². The van der Waals surface area contributed by atoms with Gasteiger partial charge >= 0.3 is 0 Å². The summed E-state index contributed by atoms with van der Waals surface area (Å²) in [7, 11) is 0. The van der Waals surface area contributed by atoms with Gasteiger partial charge in [0.2, 0.25) is 0 Å². The van der Waals surface area contributed by atoms with Gasteiger partial charge in [-0.1, -0.05) is 25.8 Å². The molecule has 0 spiro atoms. The summed E-state index contributed by atoms with van der Waals surface area (Å²) in [5, 5.41) is 0. The zero-order valence-corrected chi connectivity index (χ0v) is 10.2. The second-order valence-electron chi connectivity index (χ2n) is 5.07. The van der Waals surface area contributed by atoms with Gasteiger partial charge in [0.25, 0.3) is 0 Å². The minimum Gasteiger partial charge on any atom is -0.323 e. The number of nitrogens with two attached hydrogens (primary N) is 1. The smallest absolute Gasteiger partial charge is 0.130 e. The second-order valence-corrected chi connectivity index (χ2v) is 5.07. The van der Waals surface area contributed by atoms with Gasteiger partial charge in [0.05, 0.1) is 0 Å². The Hall–Kier alpha value is -0.960. The molecule has 17 heavy (non-hydrogen) atoms. The lowest BCUT2D eigenvalue weighted by atomic mass is 9.74. The van der Waals surface area contributed by atoms with Crippen LogP contribution in [0.25, 0.3) is 0 Å². The van der Waals surface area contributed by atoms with Crippen molar-refractivity contribution in [1.29, 1.82) is 0 Å². The fourth-order valence-electron chi connectivity index (χ4n) is 3.05. The first-order valence-electron chi connectivity index (χ1n) is 6.29. The summed E-state index contributed by atoms with van der Waals surface area (Å²) in [6, 6.07) is 3.38. The Morgan fingerprint density at radius 3 is 2.47 bits per heavy atom. The zero-order valence-electron chi connectivity index (χ0n) is 10.2. The first-order chi connectivity index (χ1) is 8.09. The van der Waals surface area contributed by atoms with Crippen LogP contribution in [0, 0.1) is 17.0 Å². The van der Waals surface area contributed by atoms with Crippen molar-refractivity contribution in [2.24, 2.45) is 11.1 Å². The lowest BCUT2D eigenvalue weighted by Gasteiger charge is -2.34. The predicted octanol–water partition coefficient (Wildman–Crippen LogP) is 3.94. The molecule has 1 aromatic rings. The molecule has 1 aliphatic rings. The van der Waals surface area contributed by atoms with E-state index >= 15 is 0 Å². The van der Waals surface area contributed by atoms with E-state index in [4.69, 9.17) is 5.73 Å². The Morgan fingerprint density at radius 2 is 1.94 bits per heavy atom. The van der Waals surface area contributed by atoms with Crippen molar-refractivity contribution in [1.82, 2.24) is 0 Å².